The normalized spacial score (nSPS) is 25.3. The highest BCUT2D eigenvalue weighted by Gasteiger charge is 2.71. The number of phenols is 1. The van der Waals surface area contributed by atoms with Crippen molar-refractivity contribution in [2.24, 2.45) is 23.7 Å². The molecule has 2 aromatic carbocycles. The molecule has 3 fully saturated rings. The number of likely N-dealkylation sites (tertiary alicyclic amines) is 1. The van der Waals surface area contributed by atoms with Crippen LogP contribution in [-0.4, -0.2) is 75.5 Å². The van der Waals surface area contributed by atoms with Crippen LogP contribution < -0.4 is 14.9 Å². The fraction of sp³-hybridized carbons (Fsp3) is 0.400. The molecular weight excluding hydrogens is 808 g/mol. The Hall–Kier alpha value is -5.35. The first-order chi connectivity index (χ1) is 27.5. The Morgan fingerprint density at radius 1 is 0.966 bits per heavy atom. The van der Waals surface area contributed by atoms with Gasteiger partial charge in [-0.15, -0.1) is 0 Å². The fourth-order valence-corrected chi connectivity index (χ4v) is 9.65. The quantitative estimate of drug-likeness (QED) is 0.0998. The zero-order chi connectivity index (χ0) is 41.8. The summed E-state index contributed by atoms with van der Waals surface area (Å²) < 4.78 is 52.2. The largest absolute Gasteiger partial charge is 0.508 e. The fourth-order valence-electron chi connectivity index (χ4n) is 9.31. The van der Waals surface area contributed by atoms with E-state index in [0.717, 1.165) is 0 Å². The number of anilines is 1. The number of hydrogen-bond donors (Lipinski definition) is 3. The van der Waals surface area contributed by atoms with Crippen LogP contribution in [0.2, 0.25) is 10.0 Å². The summed E-state index contributed by atoms with van der Waals surface area (Å²) in [5.74, 6) is -8.94. The molecule has 6 atom stereocenters. The summed E-state index contributed by atoms with van der Waals surface area (Å²) in [5, 5.41) is 20.2. The van der Waals surface area contributed by atoms with Crippen molar-refractivity contribution >= 4 is 58.6 Å². The van der Waals surface area contributed by atoms with E-state index in [1.165, 1.54) is 43.4 Å². The van der Waals surface area contributed by atoms with Crippen LogP contribution in [-0.2, 0) is 35.6 Å². The van der Waals surface area contributed by atoms with Gasteiger partial charge in [0, 0.05) is 47.8 Å². The maximum Gasteiger partial charge on any atom is 0.417 e. The third-order valence-corrected chi connectivity index (χ3v) is 12.3. The number of allylic oxidation sites excluding steroid dienone is 2. The first kappa shape index (κ1) is 40.8. The third-order valence-electron chi connectivity index (χ3n) is 11.7. The van der Waals surface area contributed by atoms with Gasteiger partial charge in [0.05, 0.1) is 48.0 Å². The molecule has 1 aromatic heterocycles. The zero-order valence-corrected chi connectivity index (χ0v) is 32.5. The van der Waals surface area contributed by atoms with Crippen molar-refractivity contribution in [3.8, 4) is 17.2 Å². The van der Waals surface area contributed by atoms with E-state index in [-0.39, 0.29) is 48.6 Å². The van der Waals surface area contributed by atoms with E-state index in [1.807, 2.05) is 0 Å². The molecule has 2 saturated heterocycles. The summed E-state index contributed by atoms with van der Waals surface area (Å²) in [4.78, 5) is 74.7. The topological polar surface area (TPSA) is 176 Å². The summed E-state index contributed by atoms with van der Waals surface area (Å²) in [7, 11) is 2.69. The van der Waals surface area contributed by atoms with Gasteiger partial charge in [-0.05, 0) is 55.4 Å². The van der Waals surface area contributed by atoms with Crippen LogP contribution in [0.3, 0.4) is 0 Å². The molecule has 2 aliphatic carbocycles. The number of phenolic OH excluding ortho intramolecular Hbond substituents is 1. The van der Waals surface area contributed by atoms with Crippen LogP contribution in [0.4, 0.5) is 19.0 Å². The number of imide groups is 2. The number of methoxy groups -OCH3 is 2. The van der Waals surface area contributed by atoms with Crippen LogP contribution in [0.15, 0.2) is 60.3 Å². The Bertz CT molecular complexity index is 2210. The Morgan fingerprint density at radius 2 is 1.64 bits per heavy atom. The molecule has 0 radical (unpaired) electrons. The molecule has 4 aliphatic rings. The van der Waals surface area contributed by atoms with Gasteiger partial charge in [-0.25, -0.2) is 4.98 Å². The molecule has 3 aromatic rings. The van der Waals surface area contributed by atoms with Gasteiger partial charge >= 0.3 is 12.1 Å². The van der Waals surface area contributed by atoms with Crippen LogP contribution in [0.1, 0.15) is 61.1 Å². The number of carbonyl (C=O) groups is 5. The molecule has 58 heavy (non-hydrogen) atoms. The van der Waals surface area contributed by atoms with Crippen molar-refractivity contribution in [2.45, 2.75) is 56.0 Å². The summed E-state index contributed by atoms with van der Waals surface area (Å²) in [5.41, 5.74) is 0.652. The highest BCUT2D eigenvalue weighted by Crippen LogP contribution is 2.66. The van der Waals surface area contributed by atoms with Gasteiger partial charge in [-0.1, -0.05) is 53.4 Å². The molecule has 7 rings (SSSR count). The predicted octanol–water partition coefficient (Wildman–Crippen LogP) is 6.76. The highest BCUT2D eigenvalue weighted by molar-refractivity contribution is 6.33. The Morgan fingerprint density at radius 3 is 2.24 bits per heavy atom. The lowest BCUT2D eigenvalue weighted by atomic mass is 9.49. The SMILES string of the molecule is COc1cc(O)cc(OC)c1C1C2=CCC3C(=O)N(CCCCCC(=O)O)C(=O)C3C2CC2C(=O)N(Nc3ncc(C(F)(F)F)cc3Cl)C(=O)C21c1ccc(Cl)cc1. The predicted molar refractivity (Wildman–Crippen MR) is 201 cm³/mol. The monoisotopic (exact) mass is 844 g/mol. The van der Waals surface area contributed by atoms with Gasteiger partial charge in [0.25, 0.3) is 11.8 Å². The van der Waals surface area contributed by atoms with E-state index < -0.39 is 87.2 Å². The van der Waals surface area contributed by atoms with Crippen molar-refractivity contribution in [3.05, 3.63) is 87.0 Å². The van der Waals surface area contributed by atoms with Gasteiger partial charge in [-0.2, -0.15) is 18.2 Å². The number of aromatic nitrogens is 1. The van der Waals surface area contributed by atoms with Crippen LogP contribution in [0.5, 0.6) is 17.2 Å². The lowest BCUT2D eigenvalue weighted by molar-refractivity contribution is -0.141. The lowest BCUT2D eigenvalue weighted by Gasteiger charge is -2.51. The van der Waals surface area contributed by atoms with E-state index in [1.54, 1.807) is 18.2 Å². The average Bonchev–Trinajstić information content (AvgIpc) is 3.55. The average molecular weight is 846 g/mol. The molecule has 306 valence electrons. The number of fused-ring (bicyclic) bond motifs is 4. The van der Waals surface area contributed by atoms with Gasteiger partial charge in [0.1, 0.15) is 17.2 Å². The van der Waals surface area contributed by atoms with Crippen LogP contribution in [0.25, 0.3) is 0 Å². The molecule has 6 unspecified atom stereocenters. The molecule has 0 spiro atoms. The number of halogens is 5. The van der Waals surface area contributed by atoms with Crippen LogP contribution >= 0.6 is 23.2 Å². The van der Waals surface area contributed by atoms with Crippen molar-refractivity contribution in [2.75, 3.05) is 26.2 Å². The number of carbonyl (C=O) groups excluding carboxylic acids is 4. The molecule has 2 aliphatic heterocycles. The molecule has 0 bridgehead atoms. The number of rotatable bonds is 12. The number of carboxylic acids is 1. The first-order valence-corrected chi connectivity index (χ1v) is 19.2. The van der Waals surface area contributed by atoms with E-state index >= 15 is 4.79 Å². The van der Waals surface area contributed by atoms with Gasteiger partial charge in [0.15, 0.2) is 5.82 Å². The third kappa shape index (κ3) is 6.69. The number of aromatic hydroxyl groups is 1. The molecular formula is C40H37Cl2F3N4O9. The van der Waals surface area contributed by atoms with E-state index in [4.69, 9.17) is 37.8 Å². The number of unbranched alkanes of at least 4 members (excludes halogenated alkanes) is 2. The minimum absolute atomic E-state index is 0.0510. The summed E-state index contributed by atoms with van der Waals surface area (Å²) in [6.45, 7) is 0.0729. The Labute approximate surface area is 339 Å². The number of alkyl halides is 3. The maximum absolute atomic E-state index is 15.5. The second-order valence-corrected chi connectivity index (χ2v) is 15.6. The smallest absolute Gasteiger partial charge is 0.417 e. The molecule has 4 amide bonds. The van der Waals surface area contributed by atoms with Gasteiger partial charge in [0.2, 0.25) is 11.8 Å². The Kier molecular flexibility index (Phi) is 10.9. The molecule has 13 nitrogen and oxygen atoms in total. The number of nitrogens with zero attached hydrogens (tertiary/aromatic N) is 3. The van der Waals surface area contributed by atoms with Crippen molar-refractivity contribution < 1.29 is 56.8 Å². The number of aliphatic carboxylic acids is 1. The van der Waals surface area contributed by atoms with E-state index in [0.29, 0.717) is 52.7 Å². The standard InChI is InChI=1S/C40H37Cl2F3N4O9/c1-57-28-15-22(50)16-29(58-2)32(28)33-23-11-12-24-31(37(55)48(35(24)53)13-5-3-4-6-30(51)52)25(23)17-26-36(54)49(38(56)39(26,33)19-7-9-21(41)10-8-19)47-34-27(42)14-20(18-46-34)40(43,44)45/h7-11,14-16,18,24-26,31,33,50H,3-6,12-13,17H2,1-2H3,(H,46,47)(H,51,52). The van der Waals surface area contributed by atoms with Crippen LogP contribution in [0, 0.1) is 23.7 Å². The minimum atomic E-state index is -4.78. The maximum atomic E-state index is 15.5. The van der Waals surface area contributed by atoms with E-state index in [2.05, 4.69) is 10.4 Å². The van der Waals surface area contributed by atoms with Gasteiger partial charge in [-0.3, -0.25) is 34.3 Å². The number of nitrogens with one attached hydrogen (secondary N) is 1. The highest BCUT2D eigenvalue weighted by atomic mass is 35.5. The van der Waals surface area contributed by atoms with Crippen molar-refractivity contribution in [1.82, 2.24) is 14.9 Å². The molecule has 3 N–H and O–H groups in total. The molecule has 3 heterocycles. The Balaban J connectivity index is 1.40. The van der Waals surface area contributed by atoms with E-state index in [9.17, 15) is 37.5 Å². The second-order valence-electron chi connectivity index (χ2n) is 14.7. The number of hydrogen-bond acceptors (Lipinski definition) is 10. The number of ether oxygens (including phenoxy) is 2. The van der Waals surface area contributed by atoms with Crippen molar-refractivity contribution in [3.63, 3.8) is 0 Å². The van der Waals surface area contributed by atoms with Gasteiger partial charge < -0.3 is 19.7 Å². The summed E-state index contributed by atoms with van der Waals surface area (Å²) in [6, 6.07) is 9.50. The number of pyridine rings is 1. The number of benzene rings is 2. The second kappa shape index (κ2) is 15.4. The molecule has 18 heteroatoms. The minimum Gasteiger partial charge on any atom is -0.508 e. The summed E-state index contributed by atoms with van der Waals surface area (Å²) >= 11 is 12.6. The number of amides is 4. The number of carboxylic acid groups (broad SMARTS) is 1. The molecule has 1 saturated carbocycles. The first-order valence-electron chi connectivity index (χ1n) is 18.4. The zero-order valence-electron chi connectivity index (χ0n) is 31.0. The van der Waals surface area contributed by atoms with Crippen molar-refractivity contribution in [1.29, 1.82) is 0 Å². The summed E-state index contributed by atoms with van der Waals surface area (Å²) in [6.07, 6.45) is -1.31. The number of hydrazine groups is 1. The lowest BCUT2D eigenvalue weighted by Crippen LogP contribution is -2.53.